The monoisotopic (exact) mass is 395 g/mol. The van der Waals surface area contributed by atoms with Gasteiger partial charge in [-0.05, 0) is 37.2 Å². The molecule has 2 aliphatic rings. The highest BCUT2D eigenvalue weighted by Gasteiger charge is 2.39. The molecular formula is C20H27F2N3O3. The summed E-state index contributed by atoms with van der Waals surface area (Å²) in [5.41, 5.74) is 6.99. The molecule has 1 aliphatic carbocycles. The molecular weight excluding hydrogens is 368 g/mol. The maximum atomic E-state index is 13.3. The Morgan fingerprint density at radius 1 is 1.11 bits per heavy atom. The molecule has 0 spiro atoms. The molecule has 1 aromatic rings. The molecule has 3 rings (SSSR count). The molecule has 1 heterocycles. The number of amides is 2. The molecule has 1 saturated carbocycles. The van der Waals surface area contributed by atoms with Crippen LogP contribution in [0.25, 0.3) is 0 Å². The predicted molar refractivity (Wildman–Crippen MR) is 99.9 cm³/mol. The van der Waals surface area contributed by atoms with Crippen molar-refractivity contribution in [3.8, 4) is 0 Å². The average molecular weight is 395 g/mol. The van der Waals surface area contributed by atoms with Crippen LogP contribution < -0.4 is 11.1 Å². The van der Waals surface area contributed by atoms with E-state index >= 15 is 0 Å². The lowest BCUT2D eigenvalue weighted by atomic mass is 9.81. The molecule has 2 fully saturated rings. The molecule has 28 heavy (non-hydrogen) atoms. The minimum Gasteiger partial charge on any atom is -0.445 e. The fourth-order valence-corrected chi connectivity index (χ4v) is 3.87. The standard InChI is InChI=1S/C20H27F2N3O3/c21-16-10-25(11-17(16)22)19(26)18(23)14-6-8-15(9-7-14)24-20(27)28-12-13-4-2-1-3-5-13/h1-5,14-18H,6-12,23H2,(H,24,27)/t14?,15?,16-,17-,18-/m0/s1. The van der Waals surface area contributed by atoms with Gasteiger partial charge in [0.25, 0.3) is 0 Å². The number of hydrogen-bond acceptors (Lipinski definition) is 4. The van der Waals surface area contributed by atoms with Gasteiger partial charge in [0, 0.05) is 6.04 Å². The summed E-state index contributed by atoms with van der Waals surface area (Å²) in [5, 5.41) is 2.85. The van der Waals surface area contributed by atoms with Gasteiger partial charge in [-0.2, -0.15) is 0 Å². The van der Waals surface area contributed by atoms with Gasteiger partial charge in [-0.3, -0.25) is 4.79 Å². The average Bonchev–Trinajstić information content (AvgIpc) is 3.05. The third-order valence-corrected chi connectivity index (χ3v) is 5.59. The van der Waals surface area contributed by atoms with Crippen LogP contribution in [0, 0.1) is 5.92 Å². The van der Waals surface area contributed by atoms with Gasteiger partial charge in [-0.1, -0.05) is 30.3 Å². The number of carbonyl (C=O) groups is 2. The van der Waals surface area contributed by atoms with Gasteiger partial charge in [0.15, 0.2) is 12.3 Å². The summed E-state index contributed by atoms with van der Waals surface area (Å²) in [5.74, 6) is -0.441. The minimum atomic E-state index is -1.63. The topological polar surface area (TPSA) is 84.7 Å². The number of hydrogen-bond donors (Lipinski definition) is 2. The lowest BCUT2D eigenvalue weighted by molar-refractivity contribution is -0.133. The molecule has 1 aliphatic heterocycles. The second-order valence-corrected chi connectivity index (χ2v) is 7.62. The highest BCUT2D eigenvalue weighted by atomic mass is 19.2. The van der Waals surface area contributed by atoms with Crippen LogP contribution in [0.5, 0.6) is 0 Å². The minimum absolute atomic E-state index is 0.0287. The molecule has 0 bridgehead atoms. The number of likely N-dealkylation sites (tertiary alicyclic amines) is 1. The predicted octanol–water partition coefficient (Wildman–Crippen LogP) is 2.32. The van der Waals surface area contributed by atoms with Gasteiger partial charge in [-0.15, -0.1) is 0 Å². The van der Waals surface area contributed by atoms with Crippen molar-refractivity contribution in [3.63, 3.8) is 0 Å². The Kier molecular flexibility index (Phi) is 6.83. The summed E-state index contributed by atoms with van der Waals surface area (Å²) < 4.78 is 31.9. The Bertz CT molecular complexity index is 658. The summed E-state index contributed by atoms with van der Waals surface area (Å²) in [7, 11) is 0. The zero-order chi connectivity index (χ0) is 20.1. The Morgan fingerprint density at radius 2 is 1.71 bits per heavy atom. The first kappa shape index (κ1) is 20.5. The van der Waals surface area contributed by atoms with Crippen molar-refractivity contribution < 1.29 is 23.1 Å². The summed E-state index contributed by atoms with van der Waals surface area (Å²) in [6, 6.07) is 8.63. The van der Waals surface area contributed by atoms with Crippen molar-refractivity contribution in [2.24, 2.45) is 11.7 Å². The van der Waals surface area contributed by atoms with Crippen LogP contribution in [0.4, 0.5) is 13.6 Å². The van der Waals surface area contributed by atoms with E-state index in [0.717, 1.165) is 5.56 Å². The molecule has 1 saturated heterocycles. The first-order chi connectivity index (χ1) is 13.4. The highest BCUT2D eigenvalue weighted by molar-refractivity contribution is 5.82. The van der Waals surface area contributed by atoms with E-state index in [1.54, 1.807) is 0 Å². The number of rotatable bonds is 5. The number of alkyl halides is 2. The number of ether oxygens (including phenoxy) is 1. The van der Waals surface area contributed by atoms with Gasteiger partial charge < -0.3 is 20.7 Å². The molecule has 154 valence electrons. The van der Waals surface area contributed by atoms with Crippen LogP contribution in [-0.2, 0) is 16.1 Å². The summed E-state index contributed by atoms with van der Waals surface area (Å²) in [4.78, 5) is 25.5. The zero-order valence-corrected chi connectivity index (χ0v) is 15.7. The highest BCUT2D eigenvalue weighted by Crippen LogP contribution is 2.28. The molecule has 2 amide bonds. The van der Waals surface area contributed by atoms with Crippen molar-refractivity contribution in [2.75, 3.05) is 13.1 Å². The van der Waals surface area contributed by atoms with E-state index in [4.69, 9.17) is 10.5 Å². The van der Waals surface area contributed by atoms with Gasteiger partial charge in [0.05, 0.1) is 19.1 Å². The Balaban J connectivity index is 1.39. The van der Waals surface area contributed by atoms with Gasteiger partial charge in [-0.25, -0.2) is 13.6 Å². The van der Waals surface area contributed by atoms with Crippen LogP contribution >= 0.6 is 0 Å². The number of nitrogens with one attached hydrogen (secondary N) is 1. The first-order valence-electron chi connectivity index (χ1n) is 9.73. The van der Waals surface area contributed by atoms with E-state index in [-0.39, 0.29) is 37.6 Å². The summed E-state index contributed by atoms with van der Waals surface area (Å²) in [6.45, 7) is -0.238. The fraction of sp³-hybridized carbons (Fsp3) is 0.600. The number of nitrogens with two attached hydrogens (primary N) is 1. The molecule has 0 unspecified atom stereocenters. The van der Waals surface area contributed by atoms with Crippen molar-refractivity contribution >= 4 is 12.0 Å². The van der Waals surface area contributed by atoms with Crippen LogP contribution in [0.3, 0.4) is 0 Å². The van der Waals surface area contributed by atoms with Crippen LogP contribution in [-0.4, -0.2) is 54.4 Å². The van der Waals surface area contributed by atoms with E-state index in [0.29, 0.717) is 25.7 Å². The fourth-order valence-electron chi connectivity index (χ4n) is 3.87. The number of benzene rings is 1. The largest absolute Gasteiger partial charge is 0.445 e. The third kappa shape index (κ3) is 5.19. The van der Waals surface area contributed by atoms with E-state index < -0.39 is 24.5 Å². The lowest BCUT2D eigenvalue weighted by Gasteiger charge is -2.33. The van der Waals surface area contributed by atoms with Crippen molar-refractivity contribution in [1.29, 1.82) is 0 Å². The van der Waals surface area contributed by atoms with E-state index in [9.17, 15) is 18.4 Å². The molecule has 3 N–H and O–H groups in total. The number of nitrogens with zero attached hydrogens (tertiary/aromatic N) is 1. The number of halogens is 2. The Hall–Kier alpha value is -2.22. The van der Waals surface area contributed by atoms with Gasteiger partial charge in [0.2, 0.25) is 5.91 Å². The molecule has 3 atom stereocenters. The Morgan fingerprint density at radius 3 is 2.32 bits per heavy atom. The van der Waals surface area contributed by atoms with E-state index in [2.05, 4.69) is 5.32 Å². The van der Waals surface area contributed by atoms with Crippen LogP contribution in [0.1, 0.15) is 31.2 Å². The van der Waals surface area contributed by atoms with Crippen LogP contribution in [0.15, 0.2) is 30.3 Å². The van der Waals surface area contributed by atoms with Crippen molar-refractivity contribution in [1.82, 2.24) is 10.2 Å². The lowest BCUT2D eigenvalue weighted by Crippen LogP contribution is -2.49. The number of carbonyl (C=O) groups excluding carboxylic acids is 2. The molecule has 0 aromatic heterocycles. The maximum Gasteiger partial charge on any atom is 0.407 e. The SMILES string of the molecule is N[C@H](C(=O)N1C[C@H](F)[C@@H](F)C1)C1CCC(NC(=O)OCc2ccccc2)CC1. The zero-order valence-electron chi connectivity index (χ0n) is 15.7. The summed E-state index contributed by atoms with van der Waals surface area (Å²) in [6.07, 6.45) is -1.01. The third-order valence-electron chi connectivity index (χ3n) is 5.59. The molecule has 6 nitrogen and oxygen atoms in total. The molecule has 1 aromatic carbocycles. The Labute approximate surface area is 163 Å². The normalized spacial score (nSPS) is 28.6. The summed E-state index contributed by atoms with van der Waals surface area (Å²) >= 11 is 0. The molecule has 8 heteroatoms. The maximum absolute atomic E-state index is 13.3. The van der Waals surface area contributed by atoms with Crippen LogP contribution in [0.2, 0.25) is 0 Å². The first-order valence-corrected chi connectivity index (χ1v) is 9.73. The quantitative estimate of drug-likeness (QED) is 0.801. The van der Waals surface area contributed by atoms with Gasteiger partial charge in [0.1, 0.15) is 6.61 Å². The van der Waals surface area contributed by atoms with Gasteiger partial charge >= 0.3 is 6.09 Å². The van der Waals surface area contributed by atoms with Crippen molar-refractivity contribution in [3.05, 3.63) is 35.9 Å². The molecule has 0 radical (unpaired) electrons. The van der Waals surface area contributed by atoms with E-state index in [1.165, 1.54) is 4.90 Å². The second-order valence-electron chi connectivity index (χ2n) is 7.62. The van der Waals surface area contributed by atoms with E-state index in [1.807, 2.05) is 30.3 Å². The second kappa shape index (κ2) is 9.32. The number of alkyl carbamates (subject to hydrolysis) is 1. The smallest absolute Gasteiger partial charge is 0.407 e. The van der Waals surface area contributed by atoms with Crippen molar-refractivity contribution in [2.45, 2.75) is 56.7 Å².